The topological polar surface area (TPSA) is 53.4 Å². The van der Waals surface area contributed by atoms with E-state index in [0.29, 0.717) is 30.0 Å². The van der Waals surface area contributed by atoms with E-state index < -0.39 is 5.60 Å². The van der Waals surface area contributed by atoms with Gasteiger partial charge in [0.25, 0.3) is 0 Å². The molecule has 0 aliphatic rings. The van der Waals surface area contributed by atoms with Crippen LogP contribution in [0, 0.1) is 6.92 Å². The third kappa shape index (κ3) is 6.14. The van der Waals surface area contributed by atoms with Crippen LogP contribution in [-0.4, -0.2) is 34.1 Å². The molecule has 0 saturated heterocycles. The molecule has 27 heavy (non-hydrogen) atoms. The van der Waals surface area contributed by atoms with Gasteiger partial charge in [-0.15, -0.1) is 11.6 Å². The standard InChI is InChI=1S/C21H27ClN2O3/c1-15-13-24(14-23-15)18-9-8-16(12-19(18)26-5)11-17(7-6-10-22)20(25)27-21(2,3)4/h8-9,11-14H,6-7,10H2,1-5H3. The van der Waals surface area contributed by atoms with Crippen LogP contribution < -0.4 is 4.74 Å². The van der Waals surface area contributed by atoms with Gasteiger partial charge in [-0.05, 0) is 64.3 Å². The predicted octanol–water partition coefficient (Wildman–Crippen LogP) is 4.93. The van der Waals surface area contributed by atoms with Crippen molar-refractivity contribution in [2.24, 2.45) is 0 Å². The number of carbonyl (C=O) groups is 1. The molecule has 0 bridgehead atoms. The first kappa shape index (κ1) is 21.0. The van der Waals surface area contributed by atoms with Crippen molar-refractivity contribution in [2.75, 3.05) is 13.0 Å². The van der Waals surface area contributed by atoms with Crippen LogP contribution in [-0.2, 0) is 9.53 Å². The smallest absolute Gasteiger partial charge is 0.334 e. The van der Waals surface area contributed by atoms with E-state index in [2.05, 4.69) is 4.98 Å². The molecule has 0 amide bonds. The summed E-state index contributed by atoms with van der Waals surface area (Å²) >= 11 is 5.82. The molecule has 1 heterocycles. The van der Waals surface area contributed by atoms with Gasteiger partial charge in [0.2, 0.25) is 0 Å². The fourth-order valence-corrected chi connectivity index (χ4v) is 2.72. The minimum Gasteiger partial charge on any atom is -0.495 e. The van der Waals surface area contributed by atoms with E-state index in [1.807, 2.05) is 62.7 Å². The molecule has 0 aliphatic heterocycles. The largest absolute Gasteiger partial charge is 0.495 e. The Morgan fingerprint density at radius 1 is 1.33 bits per heavy atom. The van der Waals surface area contributed by atoms with E-state index in [9.17, 15) is 4.79 Å². The van der Waals surface area contributed by atoms with Crippen LogP contribution in [0.15, 0.2) is 36.3 Å². The van der Waals surface area contributed by atoms with Crippen molar-refractivity contribution in [1.82, 2.24) is 9.55 Å². The number of methoxy groups -OCH3 is 1. The number of rotatable bonds is 7. The number of aromatic nitrogens is 2. The zero-order valence-electron chi connectivity index (χ0n) is 16.6. The Morgan fingerprint density at radius 2 is 2.07 bits per heavy atom. The second-order valence-electron chi connectivity index (χ2n) is 7.32. The molecule has 1 aromatic heterocycles. The summed E-state index contributed by atoms with van der Waals surface area (Å²) in [7, 11) is 1.62. The van der Waals surface area contributed by atoms with Crippen molar-refractivity contribution >= 4 is 23.6 Å². The Balaban J connectivity index is 2.36. The van der Waals surface area contributed by atoms with Gasteiger partial charge >= 0.3 is 5.97 Å². The predicted molar refractivity (Wildman–Crippen MR) is 109 cm³/mol. The van der Waals surface area contributed by atoms with Crippen LogP contribution in [0.25, 0.3) is 11.8 Å². The number of hydrogen-bond acceptors (Lipinski definition) is 4. The highest BCUT2D eigenvalue weighted by atomic mass is 35.5. The Morgan fingerprint density at radius 3 is 2.63 bits per heavy atom. The molecule has 0 spiro atoms. The average Bonchev–Trinajstić information content (AvgIpc) is 3.03. The maximum Gasteiger partial charge on any atom is 0.334 e. The van der Waals surface area contributed by atoms with E-state index in [-0.39, 0.29) is 5.97 Å². The SMILES string of the molecule is COc1cc(C=C(CCCCl)C(=O)OC(C)(C)C)ccc1-n1cnc(C)c1. The molecule has 2 rings (SSSR count). The normalized spacial score (nSPS) is 12.1. The number of benzene rings is 1. The molecule has 0 aliphatic carbocycles. The minimum atomic E-state index is -0.544. The van der Waals surface area contributed by atoms with E-state index in [1.54, 1.807) is 13.4 Å². The van der Waals surface area contributed by atoms with Crippen LogP contribution in [0.3, 0.4) is 0 Å². The molecule has 0 N–H and O–H groups in total. The molecule has 6 heteroatoms. The van der Waals surface area contributed by atoms with E-state index in [1.165, 1.54) is 0 Å². The summed E-state index contributed by atoms with van der Waals surface area (Å²) in [4.78, 5) is 16.8. The van der Waals surface area contributed by atoms with Gasteiger partial charge in [0.05, 0.1) is 24.8 Å². The van der Waals surface area contributed by atoms with Gasteiger partial charge < -0.3 is 14.0 Å². The van der Waals surface area contributed by atoms with Crippen molar-refractivity contribution < 1.29 is 14.3 Å². The van der Waals surface area contributed by atoms with Gasteiger partial charge in [0.1, 0.15) is 11.4 Å². The summed E-state index contributed by atoms with van der Waals surface area (Å²) in [6, 6.07) is 5.79. The molecule has 0 radical (unpaired) electrons. The van der Waals surface area contributed by atoms with Crippen molar-refractivity contribution in [1.29, 1.82) is 0 Å². The summed E-state index contributed by atoms with van der Waals surface area (Å²) < 4.78 is 13.0. The van der Waals surface area contributed by atoms with E-state index in [0.717, 1.165) is 16.9 Å². The number of nitrogens with zero attached hydrogens (tertiary/aromatic N) is 2. The van der Waals surface area contributed by atoms with Crippen molar-refractivity contribution in [3.63, 3.8) is 0 Å². The second kappa shape index (κ2) is 9.09. The van der Waals surface area contributed by atoms with Crippen LogP contribution in [0.4, 0.5) is 0 Å². The highest BCUT2D eigenvalue weighted by Crippen LogP contribution is 2.26. The lowest BCUT2D eigenvalue weighted by molar-refractivity contribution is -0.149. The highest BCUT2D eigenvalue weighted by molar-refractivity contribution is 6.17. The summed E-state index contributed by atoms with van der Waals surface area (Å²) in [6.45, 7) is 7.50. The summed E-state index contributed by atoms with van der Waals surface area (Å²) in [6.07, 6.45) is 6.78. The fraction of sp³-hybridized carbons (Fsp3) is 0.429. The molecule has 146 valence electrons. The minimum absolute atomic E-state index is 0.319. The summed E-state index contributed by atoms with van der Waals surface area (Å²) in [5.41, 5.74) is 2.73. The lowest BCUT2D eigenvalue weighted by Gasteiger charge is -2.20. The molecule has 2 aromatic rings. The number of ether oxygens (including phenoxy) is 2. The molecular weight excluding hydrogens is 364 g/mol. The van der Waals surface area contributed by atoms with Gasteiger partial charge in [-0.1, -0.05) is 6.07 Å². The first-order valence-electron chi connectivity index (χ1n) is 8.92. The zero-order chi connectivity index (χ0) is 20.0. The van der Waals surface area contributed by atoms with E-state index in [4.69, 9.17) is 21.1 Å². The fourth-order valence-electron chi connectivity index (χ4n) is 2.59. The lowest BCUT2D eigenvalue weighted by Crippen LogP contribution is -2.25. The summed E-state index contributed by atoms with van der Waals surface area (Å²) in [5.74, 6) is 0.866. The third-order valence-electron chi connectivity index (χ3n) is 3.78. The number of hydrogen-bond donors (Lipinski definition) is 0. The third-order valence-corrected chi connectivity index (χ3v) is 4.04. The monoisotopic (exact) mass is 390 g/mol. The average molecular weight is 391 g/mol. The summed E-state index contributed by atoms with van der Waals surface area (Å²) in [5, 5.41) is 0. The van der Waals surface area contributed by atoms with Gasteiger partial charge in [0.15, 0.2) is 0 Å². The Bertz CT molecular complexity index is 819. The maximum atomic E-state index is 12.5. The quantitative estimate of drug-likeness (QED) is 0.382. The number of halogens is 1. The molecule has 1 aromatic carbocycles. The Labute approximate surface area is 166 Å². The Hall–Kier alpha value is -2.27. The molecule has 0 fully saturated rings. The van der Waals surface area contributed by atoms with Crippen molar-refractivity contribution in [3.8, 4) is 11.4 Å². The molecule has 0 atom stereocenters. The van der Waals surface area contributed by atoms with Crippen LogP contribution >= 0.6 is 11.6 Å². The number of imidazole rings is 1. The molecule has 0 saturated carbocycles. The number of esters is 1. The number of carbonyl (C=O) groups excluding carboxylic acids is 1. The molecule has 5 nitrogen and oxygen atoms in total. The first-order chi connectivity index (χ1) is 12.7. The number of aryl methyl sites for hydroxylation is 1. The first-order valence-corrected chi connectivity index (χ1v) is 9.46. The second-order valence-corrected chi connectivity index (χ2v) is 7.70. The van der Waals surface area contributed by atoms with Gasteiger partial charge in [-0.25, -0.2) is 9.78 Å². The van der Waals surface area contributed by atoms with Gasteiger partial charge in [-0.2, -0.15) is 0 Å². The number of alkyl halides is 1. The Kier molecular flexibility index (Phi) is 7.08. The highest BCUT2D eigenvalue weighted by Gasteiger charge is 2.20. The molecular formula is C21H27ClN2O3. The van der Waals surface area contributed by atoms with Crippen LogP contribution in [0.1, 0.15) is 44.9 Å². The molecule has 0 unspecified atom stereocenters. The lowest BCUT2D eigenvalue weighted by atomic mass is 10.1. The van der Waals surface area contributed by atoms with Crippen LogP contribution in [0.2, 0.25) is 0 Å². The van der Waals surface area contributed by atoms with Crippen molar-refractivity contribution in [3.05, 3.63) is 47.6 Å². The van der Waals surface area contributed by atoms with Crippen molar-refractivity contribution in [2.45, 2.75) is 46.1 Å². The maximum absolute atomic E-state index is 12.5. The van der Waals surface area contributed by atoms with Gasteiger partial charge in [-0.3, -0.25) is 0 Å². The van der Waals surface area contributed by atoms with Crippen LogP contribution in [0.5, 0.6) is 5.75 Å². The van der Waals surface area contributed by atoms with E-state index >= 15 is 0 Å². The zero-order valence-corrected chi connectivity index (χ0v) is 17.3. The van der Waals surface area contributed by atoms with Gasteiger partial charge in [0, 0.05) is 17.6 Å².